The van der Waals surface area contributed by atoms with Gasteiger partial charge in [0.15, 0.2) is 0 Å². The predicted octanol–water partition coefficient (Wildman–Crippen LogP) is 3.81. The van der Waals surface area contributed by atoms with Gasteiger partial charge >= 0.3 is 0 Å². The molecule has 228 valence electrons. The van der Waals surface area contributed by atoms with Crippen molar-refractivity contribution in [1.29, 1.82) is 5.26 Å². The zero-order valence-corrected chi connectivity index (χ0v) is 24.2. The van der Waals surface area contributed by atoms with Crippen LogP contribution in [0.25, 0.3) is 11.1 Å². The first kappa shape index (κ1) is 29.6. The number of rotatable bonds is 9. The molecular weight excluding hydrogens is 570 g/mol. The van der Waals surface area contributed by atoms with E-state index in [1.807, 2.05) is 12.1 Å². The van der Waals surface area contributed by atoms with Gasteiger partial charge in [0.05, 0.1) is 30.8 Å². The molecule has 0 unspecified atom stereocenters. The largest absolute Gasteiger partial charge is 0.377 e. The summed E-state index contributed by atoms with van der Waals surface area (Å²) >= 11 is 0. The van der Waals surface area contributed by atoms with E-state index in [0.717, 1.165) is 42.8 Å². The van der Waals surface area contributed by atoms with Crippen LogP contribution in [0, 0.1) is 11.3 Å². The van der Waals surface area contributed by atoms with E-state index in [2.05, 4.69) is 15.6 Å². The van der Waals surface area contributed by atoms with Crippen molar-refractivity contribution in [3.8, 4) is 17.2 Å². The smallest absolute Gasteiger partial charge is 0.282 e. The molecule has 12 heteroatoms. The molecule has 0 radical (unpaired) electrons. The standard InChI is InChI=1S/C32H32F2N6O4/c1-39-16-20(14-36-15-23-3-2-8-44-23)10-26(30(39)42)29(41)38-28-12-22(11-27(37-28)21-5-6-21)24-7-4-19(13-35)9-25(24)31(43)40-17-32(33,34)18-40/h4,7,9-12,16,21,23,36H,2-3,5-6,8,14-15,17-18H2,1H3,(H,37,38,41)/t23-/m0/s1. The van der Waals surface area contributed by atoms with E-state index in [1.165, 1.54) is 10.6 Å². The highest BCUT2D eigenvalue weighted by Gasteiger charge is 2.46. The fourth-order valence-electron chi connectivity index (χ4n) is 5.64. The Morgan fingerprint density at radius 3 is 2.61 bits per heavy atom. The molecule has 3 aliphatic rings. The number of carbonyl (C=O) groups is 2. The SMILES string of the molecule is Cn1cc(CNC[C@@H]2CCCO2)cc(C(=O)Nc2cc(-c3ccc(C#N)cc3C(=O)N3CC(F)(F)C3)cc(C3CC3)n2)c1=O. The number of likely N-dealkylation sites (tertiary alicyclic amines) is 1. The Labute approximate surface area is 252 Å². The molecular formula is C32H32F2N6O4. The summed E-state index contributed by atoms with van der Waals surface area (Å²) in [5, 5.41) is 15.5. The summed E-state index contributed by atoms with van der Waals surface area (Å²) in [5.41, 5.74) is 2.25. The molecule has 6 rings (SSSR count). The van der Waals surface area contributed by atoms with Gasteiger partial charge < -0.3 is 24.8 Å². The number of ether oxygens (including phenoxy) is 1. The van der Waals surface area contributed by atoms with E-state index in [4.69, 9.17) is 4.74 Å². The molecule has 3 fully saturated rings. The van der Waals surface area contributed by atoms with Gasteiger partial charge in [-0.05, 0) is 72.7 Å². The van der Waals surface area contributed by atoms with Crippen LogP contribution in [0.2, 0.25) is 0 Å². The van der Waals surface area contributed by atoms with Gasteiger partial charge in [-0.1, -0.05) is 6.07 Å². The Morgan fingerprint density at radius 2 is 1.93 bits per heavy atom. The Morgan fingerprint density at radius 1 is 1.14 bits per heavy atom. The number of benzene rings is 1. The highest BCUT2D eigenvalue weighted by atomic mass is 19.3. The second kappa shape index (κ2) is 11.9. The number of hydrogen-bond donors (Lipinski definition) is 2. The topological polar surface area (TPSA) is 129 Å². The van der Waals surface area contributed by atoms with Crippen molar-refractivity contribution in [2.45, 2.75) is 50.2 Å². The number of pyridine rings is 2. The lowest BCUT2D eigenvalue weighted by Crippen LogP contribution is -2.58. The molecule has 1 aromatic carbocycles. The molecule has 1 aliphatic carbocycles. The summed E-state index contributed by atoms with van der Waals surface area (Å²) < 4.78 is 34.2. The van der Waals surface area contributed by atoms with E-state index >= 15 is 0 Å². The Bertz CT molecular complexity index is 1710. The van der Waals surface area contributed by atoms with Gasteiger partial charge in [0.25, 0.3) is 23.3 Å². The highest BCUT2D eigenvalue weighted by Crippen LogP contribution is 2.41. The summed E-state index contributed by atoms with van der Waals surface area (Å²) in [4.78, 5) is 45.3. The number of hydrogen-bond acceptors (Lipinski definition) is 7. The third-order valence-corrected chi connectivity index (χ3v) is 8.11. The van der Waals surface area contributed by atoms with E-state index in [0.29, 0.717) is 29.9 Å². The Balaban J connectivity index is 1.28. The van der Waals surface area contributed by atoms with Gasteiger partial charge in [-0.15, -0.1) is 0 Å². The minimum atomic E-state index is -2.94. The van der Waals surface area contributed by atoms with Crippen LogP contribution in [0.4, 0.5) is 14.6 Å². The first-order valence-corrected chi connectivity index (χ1v) is 14.7. The zero-order chi connectivity index (χ0) is 31.0. The summed E-state index contributed by atoms with van der Waals surface area (Å²) in [6.07, 6.45) is 5.69. The predicted molar refractivity (Wildman–Crippen MR) is 158 cm³/mol. The van der Waals surface area contributed by atoms with Crippen LogP contribution in [-0.2, 0) is 18.3 Å². The zero-order valence-electron chi connectivity index (χ0n) is 24.2. The maximum atomic E-state index is 13.6. The van der Waals surface area contributed by atoms with Gasteiger partial charge in [0.1, 0.15) is 11.4 Å². The van der Waals surface area contributed by atoms with Gasteiger partial charge in [-0.25, -0.2) is 13.8 Å². The van der Waals surface area contributed by atoms with E-state index in [-0.39, 0.29) is 34.5 Å². The van der Waals surface area contributed by atoms with Gasteiger partial charge in [0.2, 0.25) is 0 Å². The number of aromatic nitrogens is 2. The number of nitriles is 1. The fourth-order valence-corrected chi connectivity index (χ4v) is 5.64. The Kier molecular flexibility index (Phi) is 8.00. The maximum Gasteiger partial charge on any atom is 0.282 e. The molecule has 1 atom stereocenters. The summed E-state index contributed by atoms with van der Waals surface area (Å²) in [5.74, 6) is -3.81. The van der Waals surface area contributed by atoms with Gasteiger partial charge in [-0.3, -0.25) is 14.4 Å². The Hall–Kier alpha value is -4.47. The second-order valence-corrected chi connectivity index (χ2v) is 11.7. The van der Waals surface area contributed by atoms with Crippen LogP contribution in [-0.4, -0.2) is 64.5 Å². The monoisotopic (exact) mass is 602 g/mol. The van der Waals surface area contributed by atoms with Crippen molar-refractivity contribution in [2.24, 2.45) is 7.05 Å². The minimum absolute atomic E-state index is 0.0444. The van der Waals surface area contributed by atoms with E-state index in [9.17, 15) is 28.4 Å². The molecule has 1 saturated carbocycles. The van der Waals surface area contributed by atoms with E-state index < -0.39 is 36.4 Å². The van der Waals surface area contributed by atoms with Crippen molar-refractivity contribution in [2.75, 3.05) is 31.6 Å². The van der Waals surface area contributed by atoms with Crippen molar-refractivity contribution < 1.29 is 23.1 Å². The molecule has 2 amide bonds. The highest BCUT2D eigenvalue weighted by molar-refractivity contribution is 6.05. The molecule has 0 spiro atoms. The number of carbonyl (C=O) groups excluding carboxylic acids is 2. The minimum Gasteiger partial charge on any atom is -0.377 e. The third kappa shape index (κ3) is 6.39. The molecule has 0 bridgehead atoms. The average molecular weight is 603 g/mol. The summed E-state index contributed by atoms with van der Waals surface area (Å²) in [6.45, 7) is 0.502. The summed E-state index contributed by atoms with van der Waals surface area (Å²) in [7, 11) is 1.59. The third-order valence-electron chi connectivity index (χ3n) is 8.11. The van der Waals surface area contributed by atoms with Crippen LogP contribution in [0.3, 0.4) is 0 Å². The molecule has 4 heterocycles. The first-order valence-electron chi connectivity index (χ1n) is 14.7. The van der Waals surface area contributed by atoms with E-state index in [1.54, 1.807) is 37.5 Å². The molecule has 2 aliphatic heterocycles. The van der Waals surface area contributed by atoms with Crippen LogP contribution < -0.4 is 16.2 Å². The van der Waals surface area contributed by atoms with Crippen molar-refractivity contribution in [3.63, 3.8) is 0 Å². The van der Waals surface area contributed by atoms with Gasteiger partial charge in [0, 0.05) is 50.1 Å². The number of nitrogens with one attached hydrogen (secondary N) is 2. The lowest BCUT2D eigenvalue weighted by molar-refractivity contribution is -0.113. The number of anilines is 1. The van der Waals surface area contributed by atoms with Crippen molar-refractivity contribution in [3.05, 3.63) is 80.9 Å². The second-order valence-electron chi connectivity index (χ2n) is 11.7. The molecule has 2 N–H and O–H groups in total. The number of halogens is 2. The number of amides is 2. The molecule has 44 heavy (non-hydrogen) atoms. The average Bonchev–Trinajstić information content (AvgIpc) is 3.72. The fraction of sp³-hybridized carbons (Fsp3) is 0.406. The lowest BCUT2D eigenvalue weighted by Gasteiger charge is -2.39. The number of alkyl halides is 2. The first-order chi connectivity index (χ1) is 21.1. The van der Waals surface area contributed by atoms with Gasteiger partial charge in [-0.2, -0.15) is 5.26 Å². The quantitative estimate of drug-likeness (QED) is 0.381. The molecule has 2 saturated heterocycles. The molecule has 3 aromatic rings. The van der Waals surface area contributed by atoms with Crippen LogP contribution in [0.15, 0.2) is 47.4 Å². The van der Waals surface area contributed by atoms with Crippen LogP contribution in [0.5, 0.6) is 0 Å². The molecule has 10 nitrogen and oxygen atoms in total. The van der Waals surface area contributed by atoms with Crippen LogP contribution >= 0.6 is 0 Å². The number of nitrogens with zero attached hydrogens (tertiary/aromatic N) is 4. The number of aryl methyl sites for hydroxylation is 1. The van der Waals surface area contributed by atoms with Crippen LogP contribution in [0.1, 0.15) is 69.1 Å². The molecule has 2 aromatic heterocycles. The maximum absolute atomic E-state index is 13.6. The summed E-state index contributed by atoms with van der Waals surface area (Å²) in [6, 6.07) is 11.5. The lowest BCUT2D eigenvalue weighted by atomic mass is 9.95. The normalized spacial score (nSPS) is 18.9. The van der Waals surface area contributed by atoms with Crippen molar-refractivity contribution >= 4 is 17.6 Å². The van der Waals surface area contributed by atoms with Crippen molar-refractivity contribution in [1.82, 2.24) is 19.8 Å².